The maximum Gasteiger partial charge on any atom is 0.408 e. The molecule has 1 amide bonds. The second kappa shape index (κ2) is 10.4. The minimum Gasteiger partial charge on any atom is -0.477 e. The molecule has 1 aliphatic heterocycles. The smallest absolute Gasteiger partial charge is 0.408 e. The number of amides is 1. The molecule has 6 rings (SSSR count). The number of carbonyl (C=O) groups excluding carboxylic acids is 1. The van der Waals surface area contributed by atoms with Crippen LogP contribution in [0.2, 0.25) is 0 Å². The van der Waals surface area contributed by atoms with E-state index in [-0.39, 0.29) is 28.8 Å². The summed E-state index contributed by atoms with van der Waals surface area (Å²) >= 11 is 0. The van der Waals surface area contributed by atoms with Crippen LogP contribution in [0.15, 0.2) is 77.7 Å². The third kappa shape index (κ3) is 4.91. The fourth-order valence-corrected chi connectivity index (χ4v) is 5.40. The molecule has 41 heavy (non-hydrogen) atoms. The molecule has 0 bridgehead atoms. The molecule has 2 atom stereocenters. The number of benzene rings is 3. The van der Waals surface area contributed by atoms with Gasteiger partial charge in [-0.05, 0) is 37.0 Å². The average molecular weight is 558 g/mol. The van der Waals surface area contributed by atoms with E-state index < -0.39 is 46.7 Å². The maximum atomic E-state index is 16.0. The zero-order valence-electron chi connectivity index (χ0n) is 22.2. The lowest BCUT2D eigenvalue weighted by atomic mass is 9.97. The fourth-order valence-electron chi connectivity index (χ4n) is 5.40. The Morgan fingerprint density at radius 1 is 1.10 bits per heavy atom. The number of aromatic nitrogens is 1. The van der Waals surface area contributed by atoms with E-state index in [0.29, 0.717) is 19.4 Å². The molecule has 9 nitrogen and oxygen atoms in total. The molecular weight excluding hydrogens is 529 g/mol. The summed E-state index contributed by atoms with van der Waals surface area (Å²) in [6.07, 6.45) is 0.739. The lowest BCUT2D eigenvalue weighted by Crippen LogP contribution is -2.45. The van der Waals surface area contributed by atoms with E-state index in [1.54, 1.807) is 4.57 Å². The molecule has 10 heteroatoms. The SMILES string of the molecule is CC1C(NCc2ccccc2)Oc2c(C3(NC(=O)OCc4ccccc4)CC3)c(F)cc3c(=O)c(C(=O)O)cn1c23. The number of halogens is 1. The van der Waals surface area contributed by atoms with Gasteiger partial charge in [-0.2, -0.15) is 0 Å². The molecule has 2 heterocycles. The van der Waals surface area contributed by atoms with Gasteiger partial charge in [-0.25, -0.2) is 14.0 Å². The van der Waals surface area contributed by atoms with Gasteiger partial charge in [0.2, 0.25) is 5.43 Å². The molecule has 1 aliphatic carbocycles. The number of ether oxygens (including phenoxy) is 2. The van der Waals surface area contributed by atoms with Crippen molar-refractivity contribution in [3.63, 3.8) is 0 Å². The highest BCUT2D eigenvalue weighted by Crippen LogP contribution is 2.53. The molecule has 210 valence electrons. The van der Waals surface area contributed by atoms with Crippen LogP contribution >= 0.6 is 0 Å². The number of carboxylic acid groups (broad SMARTS) is 1. The Hall–Kier alpha value is -4.70. The highest BCUT2D eigenvalue weighted by molar-refractivity contribution is 5.95. The van der Waals surface area contributed by atoms with Gasteiger partial charge in [0.15, 0.2) is 12.0 Å². The molecule has 0 radical (unpaired) electrons. The van der Waals surface area contributed by atoms with Crippen LogP contribution in [0.3, 0.4) is 0 Å². The molecule has 1 saturated carbocycles. The Kier molecular flexibility index (Phi) is 6.70. The first-order valence-corrected chi connectivity index (χ1v) is 13.4. The van der Waals surface area contributed by atoms with Crippen molar-refractivity contribution in [2.24, 2.45) is 0 Å². The highest BCUT2D eigenvalue weighted by Gasteiger charge is 2.52. The van der Waals surface area contributed by atoms with Gasteiger partial charge in [0.25, 0.3) is 0 Å². The van der Waals surface area contributed by atoms with E-state index in [1.165, 1.54) is 6.20 Å². The van der Waals surface area contributed by atoms with Crippen molar-refractivity contribution in [3.05, 3.63) is 111 Å². The number of hydrogen-bond acceptors (Lipinski definition) is 6. The highest BCUT2D eigenvalue weighted by atomic mass is 19.1. The van der Waals surface area contributed by atoms with Crippen molar-refractivity contribution in [2.75, 3.05) is 0 Å². The van der Waals surface area contributed by atoms with Crippen LogP contribution in [0.25, 0.3) is 10.9 Å². The van der Waals surface area contributed by atoms with Crippen LogP contribution in [0, 0.1) is 5.82 Å². The van der Waals surface area contributed by atoms with E-state index in [1.807, 2.05) is 67.6 Å². The topological polar surface area (TPSA) is 119 Å². The predicted octanol–water partition coefficient (Wildman–Crippen LogP) is 4.82. The van der Waals surface area contributed by atoms with Crippen molar-refractivity contribution in [1.82, 2.24) is 15.2 Å². The normalized spacial score (nSPS) is 18.4. The van der Waals surface area contributed by atoms with Gasteiger partial charge < -0.3 is 24.5 Å². The van der Waals surface area contributed by atoms with Crippen molar-refractivity contribution < 1.29 is 28.6 Å². The Bertz CT molecular complexity index is 1700. The Balaban J connectivity index is 1.39. The molecule has 1 fully saturated rings. The number of aromatic carboxylic acids is 1. The molecule has 1 aromatic heterocycles. The number of carboxylic acids is 1. The van der Waals surface area contributed by atoms with Crippen LogP contribution in [-0.2, 0) is 23.4 Å². The van der Waals surface area contributed by atoms with Crippen molar-refractivity contribution >= 4 is 23.0 Å². The summed E-state index contributed by atoms with van der Waals surface area (Å²) in [5.41, 5.74) is -0.174. The van der Waals surface area contributed by atoms with Crippen molar-refractivity contribution in [2.45, 2.75) is 50.7 Å². The van der Waals surface area contributed by atoms with Gasteiger partial charge in [0.1, 0.15) is 18.0 Å². The first-order chi connectivity index (χ1) is 19.8. The van der Waals surface area contributed by atoms with Crippen LogP contribution in [0.5, 0.6) is 5.75 Å². The second-order valence-electron chi connectivity index (χ2n) is 10.5. The fraction of sp³-hybridized carbons (Fsp3) is 0.258. The lowest BCUT2D eigenvalue weighted by molar-refractivity contribution is 0.0690. The molecule has 3 N–H and O–H groups in total. The van der Waals surface area contributed by atoms with Gasteiger partial charge in [0.05, 0.1) is 28.0 Å². The number of pyridine rings is 1. The van der Waals surface area contributed by atoms with Crippen LogP contribution in [0.1, 0.15) is 52.9 Å². The number of carbonyl (C=O) groups is 2. The number of nitrogens with one attached hydrogen (secondary N) is 2. The summed E-state index contributed by atoms with van der Waals surface area (Å²) in [4.78, 5) is 37.9. The van der Waals surface area contributed by atoms with Gasteiger partial charge in [-0.15, -0.1) is 0 Å². The summed E-state index contributed by atoms with van der Waals surface area (Å²) in [6.45, 7) is 2.31. The van der Waals surface area contributed by atoms with E-state index in [2.05, 4.69) is 10.6 Å². The van der Waals surface area contributed by atoms with Gasteiger partial charge in [0, 0.05) is 12.7 Å². The standard InChI is InChI=1S/C31H28FN3O6/c1-18-28(33-15-19-8-4-2-5-9-19)41-27-24(23(32)14-21-25(27)35(18)16-22(26(21)36)29(37)38)31(12-13-31)34-30(39)40-17-20-10-6-3-7-11-20/h2-11,14,16,18,28,33H,12-13,15,17H2,1H3,(H,34,39)(H,37,38). The van der Waals surface area contributed by atoms with E-state index in [9.17, 15) is 19.5 Å². The molecule has 4 aromatic rings. The number of nitrogens with zero attached hydrogens (tertiary/aromatic N) is 1. The third-order valence-electron chi connectivity index (χ3n) is 7.71. The quantitative estimate of drug-likeness (QED) is 0.284. The van der Waals surface area contributed by atoms with Gasteiger partial charge in [-0.3, -0.25) is 10.1 Å². The Morgan fingerprint density at radius 3 is 2.39 bits per heavy atom. The third-order valence-corrected chi connectivity index (χ3v) is 7.71. The molecule has 2 aliphatic rings. The summed E-state index contributed by atoms with van der Waals surface area (Å²) in [6, 6.07) is 19.4. The summed E-state index contributed by atoms with van der Waals surface area (Å²) in [5.74, 6) is -2.07. The minimum atomic E-state index is -1.40. The summed E-state index contributed by atoms with van der Waals surface area (Å²) < 4.78 is 29.4. The molecule has 3 aromatic carbocycles. The van der Waals surface area contributed by atoms with E-state index in [0.717, 1.165) is 17.2 Å². The summed E-state index contributed by atoms with van der Waals surface area (Å²) in [5, 5.41) is 15.8. The molecule has 0 saturated heterocycles. The second-order valence-corrected chi connectivity index (χ2v) is 10.5. The monoisotopic (exact) mass is 557 g/mol. The van der Waals surface area contributed by atoms with Crippen LogP contribution in [0.4, 0.5) is 9.18 Å². The first-order valence-electron chi connectivity index (χ1n) is 13.4. The van der Waals surface area contributed by atoms with Crippen molar-refractivity contribution in [1.29, 1.82) is 0 Å². The van der Waals surface area contributed by atoms with E-state index in [4.69, 9.17) is 9.47 Å². The Labute approximate surface area is 234 Å². The van der Waals surface area contributed by atoms with Crippen LogP contribution in [-0.4, -0.2) is 28.0 Å². The number of alkyl carbamates (subject to hydrolysis) is 1. The molecular formula is C31H28FN3O6. The zero-order valence-corrected chi connectivity index (χ0v) is 22.2. The largest absolute Gasteiger partial charge is 0.477 e. The minimum absolute atomic E-state index is 0.0484. The first kappa shape index (κ1) is 26.5. The van der Waals surface area contributed by atoms with Gasteiger partial charge in [-0.1, -0.05) is 60.7 Å². The Morgan fingerprint density at radius 2 is 1.76 bits per heavy atom. The van der Waals surface area contributed by atoms with Crippen LogP contribution < -0.4 is 20.8 Å². The zero-order chi connectivity index (χ0) is 28.7. The molecule has 2 unspecified atom stereocenters. The summed E-state index contributed by atoms with van der Waals surface area (Å²) in [7, 11) is 0. The van der Waals surface area contributed by atoms with E-state index >= 15 is 4.39 Å². The number of rotatable bonds is 8. The van der Waals surface area contributed by atoms with Crippen molar-refractivity contribution in [3.8, 4) is 5.75 Å². The average Bonchev–Trinajstić information content (AvgIpc) is 3.74. The number of hydrogen-bond donors (Lipinski definition) is 3. The predicted molar refractivity (Wildman–Crippen MR) is 148 cm³/mol. The van der Waals surface area contributed by atoms with Gasteiger partial charge >= 0.3 is 12.1 Å². The maximum absolute atomic E-state index is 16.0. The lowest BCUT2D eigenvalue weighted by Gasteiger charge is -2.36. The molecule has 0 spiro atoms.